The lowest BCUT2D eigenvalue weighted by Gasteiger charge is -2.32. The van der Waals surface area contributed by atoms with Crippen LogP contribution in [0.1, 0.15) is 19.3 Å². The molecule has 2 aromatic rings. The topological polar surface area (TPSA) is 61.7 Å². The fraction of sp³-hybridized carbons (Fsp3) is 0.579. The third kappa shape index (κ3) is 3.41. The molecule has 2 aliphatic rings. The minimum absolute atomic E-state index is 0.192. The van der Waals surface area contributed by atoms with Gasteiger partial charge in [0, 0.05) is 32.6 Å². The summed E-state index contributed by atoms with van der Waals surface area (Å²) < 4.78 is 5.49. The van der Waals surface area contributed by atoms with E-state index in [0.717, 1.165) is 74.8 Å². The minimum Gasteiger partial charge on any atom is -0.393 e. The first-order valence-corrected chi connectivity index (χ1v) is 9.21. The van der Waals surface area contributed by atoms with Crippen LogP contribution in [-0.4, -0.2) is 61.1 Å². The standard InChI is InChI=1S/C19H26N4O2/c1-22(13-14-5-4-8-17(14)24)18-19(23-9-11-25-12-10-23)21-16-7-3-2-6-15(16)20-18/h2-3,6-7,14,17,24H,4-5,8-13H2,1H3/t14-,17+/m1/s1. The zero-order valence-electron chi connectivity index (χ0n) is 14.8. The highest BCUT2D eigenvalue weighted by Crippen LogP contribution is 2.31. The van der Waals surface area contributed by atoms with E-state index < -0.39 is 0 Å². The van der Waals surface area contributed by atoms with Gasteiger partial charge in [-0.05, 0) is 25.0 Å². The molecule has 2 atom stereocenters. The van der Waals surface area contributed by atoms with Crippen molar-refractivity contribution >= 4 is 22.7 Å². The van der Waals surface area contributed by atoms with Gasteiger partial charge >= 0.3 is 0 Å². The quantitative estimate of drug-likeness (QED) is 0.918. The molecule has 1 aliphatic heterocycles. The van der Waals surface area contributed by atoms with Crippen molar-refractivity contribution in [2.75, 3.05) is 49.7 Å². The fourth-order valence-corrected chi connectivity index (χ4v) is 3.89. The number of aliphatic hydroxyl groups excluding tert-OH is 1. The predicted octanol–water partition coefficient (Wildman–Crippen LogP) is 2.06. The average Bonchev–Trinajstić information content (AvgIpc) is 3.06. The SMILES string of the molecule is CN(C[C@H]1CCC[C@@H]1O)c1nc2ccccc2nc1N1CCOCC1. The summed E-state index contributed by atoms with van der Waals surface area (Å²) in [5.41, 5.74) is 1.83. The van der Waals surface area contributed by atoms with E-state index in [-0.39, 0.29) is 6.10 Å². The molecule has 6 heteroatoms. The Morgan fingerprint density at radius 2 is 1.88 bits per heavy atom. The van der Waals surface area contributed by atoms with Crippen LogP contribution in [0.25, 0.3) is 11.0 Å². The van der Waals surface area contributed by atoms with Crippen LogP contribution in [0.5, 0.6) is 0 Å². The van der Waals surface area contributed by atoms with Gasteiger partial charge in [-0.25, -0.2) is 9.97 Å². The Kier molecular flexibility index (Phi) is 4.72. The van der Waals surface area contributed by atoms with E-state index in [1.54, 1.807) is 0 Å². The number of hydrogen-bond acceptors (Lipinski definition) is 6. The molecule has 1 aromatic carbocycles. The smallest absolute Gasteiger partial charge is 0.172 e. The van der Waals surface area contributed by atoms with Gasteiger partial charge in [-0.15, -0.1) is 0 Å². The summed E-state index contributed by atoms with van der Waals surface area (Å²) in [6.45, 7) is 3.92. The molecule has 0 bridgehead atoms. The lowest BCUT2D eigenvalue weighted by Crippen LogP contribution is -2.39. The summed E-state index contributed by atoms with van der Waals surface area (Å²) >= 11 is 0. The van der Waals surface area contributed by atoms with Crippen LogP contribution in [0.3, 0.4) is 0 Å². The number of anilines is 2. The van der Waals surface area contributed by atoms with Crippen molar-refractivity contribution in [3.63, 3.8) is 0 Å². The molecule has 134 valence electrons. The van der Waals surface area contributed by atoms with Crippen LogP contribution in [0, 0.1) is 5.92 Å². The fourth-order valence-electron chi connectivity index (χ4n) is 3.89. The summed E-state index contributed by atoms with van der Waals surface area (Å²) in [7, 11) is 2.06. The van der Waals surface area contributed by atoms with Crippen molar-refractivity contribution in [1.82, 2.24) is 9.97 Å². The molecule has 6 nitrogen and oxygen atoms in total. The zero-order valence-corrected chi connectivity index (χ0v) is 14.8. The average molecular weight is 342 g/mol. The van der Waals surface area contributed by atoms with Gasteiger partial charge < -0.3 is 19.6 Å². The van der Waals surface area contributed by atoms with Gasteiger partial charge in [0.2, 0.25) is 0 Å². The molecule has 1 saturated heterocycles. The van der Waals surface area contributed by atoms with Crippen molar-refractivity contribution in [3.8, 4) is 0 Å². The van der Waals surface area contributed by atoms with E-state index >= 15 is 0 Å². The van der Waals surface area contributed by atoms with E-state index in [0.29, 0.717) is 5.92 Å². The van der Waals surface area contributed by atoms with E-state index in [2.05, 4.69) is 16.8 Å². The maximum atomic E-state index is 10.2. The molecular weight excluding hydrogens is 316 g/mol. The van der Waals surface area contributed by atoms with Gasteiger partial charge in [0.05, 0.1) is 30.4 Å². The van der Waals surface area contributed by atoms with Crippen molar-refractivity contribution in [2.24, 2.45) is 5.92 Å². The van der Waals surface area contributed by atoms with Crippen molar-refractivity contribution in [3.05, 3.63) is 24.3 Å². The van der Waals surface area contributed by atoms with Crippen LogP contribution < -0.4 is 9.80 Å². The van der Waals surface area contributed by atoms with E-state index in [1.807, 2.05) is 24.3 Å². The zero-order chi connectivity index (χ0) is 17.2. The maximum absolute atomic E-state index is 10.2. The highest BCUT2D eigenvalue weighted by Gasteiger charge is 2.28. The largest absolute Gasteiger partial charge is 0.393 e. The van der Waals surface area contributed by atoms with Crippen molar-refractivity contribution in [2.45, 2.75) is 25.4 Å². The lowest BCUT2D eigenvalue weighted by molar-refractivity contribution is 0.122. The van der Waals surface area contributed by atoms with Crippen molar-refractivity contribution < 1.29 is 9.84 Å². The second-order valence-corrected chi connectivity index (χ2v) is 7.10. The third-order valence-electron chi connectivity index (χ3n) is 5.33. The Labute approximate surface area is 148 Å². The summed E-state index contributed by atoms with van der Waals surface area (Å²) in [4.78, 5) is 14.3. The van der Waals surface area contributed by atoms with Gasteiger partial charge in [0.25, 0.3) is 0 Å². The Morgan fingerprint density at radius 1 is 1.16 bits per heavy atom. The molecular formula is C19H26N4O2. The number of hydrogen-bond donors (Lipinski definition) is 1. The number of benzene rings is 1. The van der Waals surface area contributed by atoms with Crippen LogP contribution in [0.15, 0.2) is 24.3 Å². The van der Waals surface area contributed by atoms with Crippen molar-refractivity contribution in [1.29, 1.82) is 0 Å². The van der Waals surface area contributed by atoms with E-state index in [1.165, 1.54) is 0 Å². The molecule has 0 unspecified atom stereocenters. The number of para-hydroxylation sites is 2. The molecule has 0 radical (unpaired) electrons. The summed E-state index contributed by atoms with van der Waals surface area (Å²) in [5.74, 6) is 2.15. The number of aliphatic hydroxyl groups is 1. The first kappa shape index (κ1) is 16.5. The van der Waals surface area contributed by atoms with E-state index in [9.17, 15) is 5.11 Å². The second kappa shape index (κ2) is 7.14. The number of aromatic nitrogens is 2. The molecule has 4 rings (SSSR count). The van der Waals surface area contributed by atoms with Crippen LogP contribution in [0.4, 0.5) is 11.6 Å². The predicted molar refractivity (Wildman–Crippen MR) is 99.2 cm³/mol. The highest BCUT2D eigenvalue weighted by atomic mass is 16.5. The number of nitrogens with zero attached hydrogens (tertiary/aromatic N) is 4. The van der Waals surface area contributed by atoms with Crippen LogP contribution in [0.2, 0.25) is 0 Å². The maximum Gasteiger partial charge on any atom is 0.172 e. The Balaban J connectivity index is 1.69. The molecule has 0 spiro atoms. The summed E-state index contributed by atoms with van der Waals surface area (Å²) in [6.07, 6.45) is 2.92. The normalized spacial score (nSPS) is 24.0. The highest BCUT2D eigenvalue weighted by molar-refractivity contribution is 5.80. The number of rotatable bonds is 4. The number of fused-ring (bicyclic) bond motifs is 1. The Bertz CT molecular complexity index is 732. The third-order valence-corrected chi connectivity index (χ3v) is 5.33. The first-order valence-electron chi connectivity index (χ1n) is 9.21. The van der Waals surface area contributed by atoms with Gasteiger partial charge in [0.15, 0.2) is 11.6 Å². The first-order chi connectivity index (χ1) is 12.2. The minimum atomic E-state index is -0.192. The number of ether oxygens (including phenoxy) is 1. The van der Waals surface area contributed by atoms with Gasteiger partial charge in [-0.2, -0.15) is 0 Å². The molecule has 1 saturated carbocycles. The molecule has 1 N–H and O–H groups in total. The molecule has 0 amide bonds. The molecule has 2 heterocycles. The molecule has 2 fully saturated rings. The van der Waals surface area contributed by atoms with Gasteiger partial charge in [-0.3, -0.25) is 0 Å². The van der Waals surface area contributed by atoms with Gasteiger partial charge in [-0.1, -0.05) is 18.6 Å². The van der Waals surface area contributed by atoms with Gasteiger partial charge in [0.1, 0.15) is 0 Å². The summed E-state index contributed by atoms with van der Waals surface area (Å²) in [5, 5.41) is 10.2. The molecule has 1 aromatic heterocycles. The second-order valence-electron chi connectivity index (χ2n) is 7.10. The van der Waals surface area contributed by atoms with E-state index in [4.69, 9.17) is 14.7 Å². The van der Waals surface area contributed by atoms with Crippen LogP contribution >= 0.6 is 0 Å². The van der Waals surface area contributed by atoms with Crippen LogP contribution in [-0.2, 0) is 4.74 Å². The Hall–Kier alpha value is -1.92. The summed E-state index contributed by atoms with van der Waals surface area (Å²) in [6, 6.07) is 8.01. The Morgan fingerprint density at radius 3 is 2.56 bits per heavy atom. The lowest BCUT2D eigenvalue weighted by atomic mass is 10.1. The number of morpholine rings is 1. The molecule has 25 heavy (non-hydrogen) atoms. The monoisotopic (exact) mass is 342 g/mol. The molecule has 1 aliphatic carbocycles.